The third kappa shape index (κ3) is 1.62. The highest BCUT2D eigenvalue weighted by Crippen LogP contribution is 2.27. The summed E-state index contributed by atoms with van der Waals surface area (Å²) in [5, 5.41) is 16.3. The second-order valence-corrected chi connectivity index (χ2v) is 3.86. The fourth-order valence-electron chi connectivity index (χ4n) is 0.821. The molecular weight excluding hydrogens is 208 g/mol. The lowest BCUT2D eigenvalue weighted by Crippen LogP contribution is -2.16. The predicted molar refractivity (Wildman–Crippen MR) is 46.3 cm³/mol. The highest BCUT2D eigenvalue weighted by molar-refractivity contribution is 9.10. The second-order valence-electron chi connectivity index (χ2n) is 3.07. The minimum absolute atomic E-state index is 0.648. The molecule has 0 atom stereocenters. The summed E-state index contributed by atoms with van der Waals surface area (Å²) in [6, 6.07) is 0. The van der Waals surface area contributed by atoms with Gasteiger partial charge in [-0.3, -0.25) is 5.10 Å². The van der Waals surface area contributed by atoms with Crippen LogP contribution in [0.4, 0.5) is 0 Å². The van der Waals surface area contributed by atoms with E-state index in [-0.39, 0.29) is 0 Å². The Morgan fingerprint density at radius 1 is 1.55 bits per heavy atom. The molecule has 1 rings (SSSR count). The van der Waals surface area contributed by atoms with Gasteiger partial charge >= 0.3 is 0 Å². The van der Waals surface area contributed by atoms with E-state index in [2.05, 4.69) is 26.1 Å². The molecule has 1 aromatic rings. The van der Waals surface area contributed by atoms with E-state index in [1.807, 2.05) is 6.92 Å². The molecule has 0 aliphatic rings. The molecule has 1 heterocycles. The van der Waals surface area contributed by atoms with Crippen LogP contribution in [0, 0.1) is 6.92 Å². The molecule has 0 radical (unpaired) electrons. The van der Waals surface area contributed by atoms with Gasteiger partial charge in [-0.15, -0.1) is 0 Å². The summed E-state index contributed by atoms with van der Waals surface area (Å²) in [5.74, 6) is 0. The van der Waals surface area contributed by atoms with Gasteiger partial charge in [-0.1, -0.05) is 0 Å². The summed E-state index contributed by atoms with van der Waals surface area (Å²) >= 11 is 3.33. The average Bonchev–Trinajstić information content (AvgIpc) is 2.11. The molecule has 0 saturated carbocycles. The molecule has 0 unspecified atom stereocenters. The maximum absolute atomic E-state index is 9.57. The minimum atomic E-state index is -0.885. The Bertz CT molecular complexity index is 262. The van der Waals surface area contributed by atoms with Crippen molar-refractivity contribution in [1.29, 1.82) is 0 Å². The third-order valence-electron chi connectivity index (χ3n) is 1.45. The molecule has 0 saturated heterocycles. The van der Waals surface area contributed by atoms with Crippen LogP contribution in [0.2, 0.25) is 0 Å². The number of hydrogen-bond acceptors (Lipinski definition) is 2. The van der Waals surface area contributed by atoms with Crippen molar-refractivity contribution in [2.45, 2.75) is 26.4 Å². The van der Waals surface area contributed by atoms with Gasteiger partial charge in [0.05, 0.1) is 4.47 Å². The van der Waals surface area contributed by atoms with E-state index in [0.29, 0.717) is 5.69 Å². The highest BCUT2D eigenvalue weighted by atomic mass is 79.9. The fourth-order valence-corrected chi connectivity index (χ4v) is 1.48. The van der Waals surface area contributed by atoms with Crippen LogP contribution in [-0.2, 0) is 5.60 Å². The first kappa shape index (κ1) is 8.74. The molecule has 4 heteroatoms. The predicted octanol–water partition coefficient (Wildman–Crippen LogP) is 1.71. The summed E-state index contributed by atoms with van der Waals surface area (Å²) in [5.41, 5.74) is 0.695. The maximum Gasteiger partial charge on any atom is 0.108 e. The van der Waals surface area contributed by atoms with Crippen molar-refractivity contribution in [2.24, 2.45) is 0 Å². The molecule has 62 valence electrons. The molecule has 0 aliphatic carbocycles. The van der Waals surface area contributed by atoms with Crippen molar-refractivity contribution >= 4 is 15.9 Å². The first-order chi connectivity index (χ1) is 4.93. The number of aromatic nitrogens is 2. The summed E-state index contributed by atoms with van der Waals surface area (Å²) < 4.78 is 0.852. The zero-order valence-corrected chi connectivity index (χ0v) is 8.36. The smallest absolute Gasteiger partial charge is 0.108 e. The Balaban J connectivity index is 3.15. The molecular formula is C7H11BrN2O. The molecule has 0 fully saturated rings. The van der Waals surface area contributed by atoms with Gasteiger partial charge in [0.15, 0.2) is 0 Å². The van der Waals surface area contributed by atoms with Gasteiger partial charge in [-0.2, -0.15) is 5.10 Å². The summed E-state index contributed by atoms with van der Waals surface area (Å²) in [7, 11) is 0. The van der Waals surface area contributed by atoms with Crippen LogP contribution in [0.3, 0.4) is 0 Å². The number of nitrogens with zero attached hydrogens (tertiary/aromatic N) is 1. The third-order valence-corrected chi connectivity index (χ3v) is 2.42. The zero-order valence-electron chi connectivity index (χ0n) is 6.77. The number of aryl methyl sites for hydroxylation is 1. The number of hydrogen-bond donors (Lipinski definition) is 2. The van der Waals surface area contributed by atoms with E-state index in [9.17, 15) is 5.11 Å². The first-order valence-electron chi connectivity index (χ1n) is 3.36. The van der Waals surface area contributed by atoms with Gasteiger partial charge in [0.2, 0.25) is 0 Å². The average molecular weight is 219 g/mol. The number of nitrogens with one attached hydrogen (secondary N) is 1. The minimum Gasteiger partial charge on any atom is -0.384 e. The molecule has 11 heavy (non-hydrogen) atoms. The normalized spacial score (nSPS) is 12.1. The molecule has 0 aromatic carbocycles. The molecule has 0 spiro atoms. The lowest BCUT2D eigenvalue weighted by Gasteiger charge is -2.13. The van der Waals surface area contributed by atoms with E-state index in [1.165, 1.54) is 0 Å². The lowest BCUT2D eigenvalue weighted by molar-refractivity contribution is 0.0730. The van der Waals surface area contributed by atoms with Gasteiger partial charge in [0.1, 0.15) is 11.3 Å². The monoisotopic (exact) mass is 218 g/mol. The Kier molecular flexibility index (Phi) is 2.07. The van der Waals surface area contributed by atoms with Crippen molar-refractivity contribution in [3.8, 4) is 0 Å². The molecule has 0 amide bonds. The number of H-pyrrole nitrogens is 1. The van der Waals surface area contributed by atoms with E-state index in [4.69, 9.17) is 0 Å². The standard InChI is InChI=1S/C7H11BrN2O/c1-4-5(8)6(10-9-4)7(2,3)11/h11H,1-3H3,(H,9,10). The van der Waals surface area contributed by atoms with Gasteiger partial charge in [0, 0.05) is 5.69 Å². The van der Waals surface area contributed by atoms with Gasteiger partial charge in [-0.05, 0) is 36.7 Å². The van der Waals surface area contributed by atoms with Crippen LogP contribution in [-0.4, -0.2) is 15.3 Å². The summed E-state index contributed by atoms with van der Waals surface area (Å²) in [6.07, 6.45) is 0. The van der Waals surface area contributed by atoms with Crippen LogP contribution in [0.1, 0.15) is 25.2 Å². The van der Waals surface area contributed by atoms with Crippen molar-refractivity contribution in [2.75, 3.05) is 0 Å². The number of halogens is 1. The van der Waals surface area contributed by atoms with Crippen LogP contribution in [0.5, 0.6) is 0 Å². The van der Waals surface area contributed by atoms with Crippen LogP contribution >= 0.6 is 15.9 Å². The number of aromatic amines is 1. The van der Waals surface area contributed by atoms with Crippen molar-refractivity contribution in [3.05, 3.63) is 15.9 Å². The van der Waals surface area contributed by atoms with Crippen molar-refractivity contribution < 1.29 is 5.11 Å². The molecule has 1 aromatic heterocycles. The van der Waals surface area contributed by atoms with Gasteiger partial charge in [-0.25, -0.2) is 0 Å². The van der Waals surface area contributed by atoms with Gasteiger partial charge < -0.3 is 5.11 Å². The van der Waals surface area contributed by atoms with E-state index in [1.54, 1.807) is 13.8 Å². The topological polar surface area (TPSA) is 48.9 Å². The summed E-state index contributed by atoms with van der Waals surface area (Å²) in [6.45, 7) is 5.30. The molecule has 3 nitrogen and oxygen atoms in total. The van der Waals surface area contributed by atoms with Crippen LogP contribution < -0.4 is 0 Å². The largest absolute Gasteiger partial charge is 0.384 e. The van der Waals surface area contributed by atoms with E-state index in [0.717, 1.165) is 10.2 Å². The Morgan fingerprint density at radius 3 is 2.27 bits per heavy atom. The lowest BCUT2D eigenvalue weighted by atomic mass is 10.1. The van der Waals surface area contributed by atoms with E-state index < -0.39 is 5.60 Å². The molecule has 2 N–H and O–H groups in total. The second kappa shape index (κ2) is 2.60. The van der Waals surface area contributed by atoms with E-state index >= 15 is 0 Å². The fraction of sp³-hybridized carbons (Fsp3) is 0.571. The number of rotatable bonds is 1. The van der Waals surface area contributed by atoms with Crippen molar-refractivity contribution in [1.82, 2.24) is 10.2 Å². The number of aliphatic hydroxyl groups is 1. The molecule has 0 aliphatic heterocycles. The Labute approximate surface area is 74.0 Å². The Morgan fingerprint density at radius 2 is 2.09 bits per heavy atom. The Hall–Kier alpha value is -0.350. The first-order valence-corrected chi connectivity index (χ1v) is 4.15. The maximum atomic E-state index is 9.57. The summed E-state index contributed by atoms with van der Waals surface area (Å²) in [4.78, 5) is 0. The quantitative estimate of drug-likeness (QED) is 0.755. The van der Waals surface area contributed by atoms with Crippen molar-refractivity contribution in [3.63, 3.8) is 0 Å². The zero-order chi connectivity index (χ0) is 8.65. The molecule has 0 bridgehead atoms. The van der Waals surface area contributed by atoms with Crippen LogP contribution in [0.15, 0.2) is 4.47 Å². The van der Waals surface area contributed by atoms with Crippen LogP contribution in [0.25, 0.3) is 0 Å². The highest BCUT2D eigenvalue weighted by Gasteiger charge is 2.23. The SMILES string of the molecule is Cc1[nH]nc(C(C)(C)O)c1Br. The van der Waals surface area contributed by atoms with Gasteiger partial charge in [0.25, 0.3) is 0 Å².